The summed E-state index contributed by atoms with van der Waals surface area (Å²) in [6.45, 7) is 1.25. The molecule has 1 saturated heterocycles. The number of ether oxygens (including phenoxy) is 1. The highest BCUT2D eigenvalue weighted by molar-refractivity contribution is 6.31. The highest BCUT2D eigenvalue weighted by Gasteiger charge is 2.32. The van der Waals surface area contributed by atoms with Crippen molar-refractivity contribution in [1.29, 1.82) is 0 Å². The maximum Gasteiger partial charge on any atom is 0.282 e. The summed E-state index contributed by atoms with van der Waals surface area (Å²) in [4.78, 5) is 13.8. The zero-order chi connectivity index (χ0) is 21.4. The summed E-state index contributed by atoms with van der Waals surface area (Å²) in [6.07, 6.45) is -0.948. The van der Waals surface area contributed by atoms with E-state index < -0.39 is 12.2 Å². The quantitative estimate of drug-likeness (QED) is 0.687. The van der Waals surface area contributed by atoms with Gasteiger partial charge in [-0.2, -0.15) is 0 Å². The second-order valence-electron chi connectivity index (χ2n) is 7.40. The van der Waals surface area contributed by atoms with Gasteiger partial charge in [-0.05, 0) is 31.0 Å². The number of nitrogens with one attached hydrogen (secondary N) is 1. The van der Waals surface area contributed by atoms with E-state index in [9.17, 15) is 18.0 Å². The smallest absolute Gasteiger partial charge is 0.282 e. The van der Waals surface area contributed by atoms with E-state index in [0.29, 0.717) is 38.0 Å². The summed E-state index contributed by atoms with van der Waals surface area (Å²) in [6, 6.07) is 0.791. The van der Waals surface area contributed by atoms with E-state index in [1.54, 1.807) is 4.90 Å². The number of halogens is 5. The lowest BCUT2D eigenvalue weighted by atomic mass is 9.92. The van der Waals surface area contributed by atoms with Gasteiger partial charge in [-0.1, -0.05) is 16.8 Å². The van der Waals surface area contributed by atoms with Gasteiger partial charge in [-0.25, -0.2) is 17.9 Å². The molecule has 3 heterocycles. The second-order valence-corrected chi connectivity index (χ2v) is 7.80. The number of rotatable bonds is 6. The Kier molecular flexibility index (Phi) is 7.33. The molecule has 1 unspecified atom stereocenters. The van der Waals surface area contributed by atoms with Gasteiger partial charge < -0.3 is 15.0 Å². The predicted octanol–water partition coefficient (Wildman–Crippen LogP) is 3.36. The summed E-state index contributed by atoms with van der Waals surface area (Å²) >= 11 is 6.29. The Hall–Kier alpha value is -2.04. The van der Waals surface area contributed by atoms with E-state index in [1.165, 1.54) is 13.1 Å². The van der Waals surface area contributed by atoms with Crippen molar-refractivity contribution in [1.82, 2.24) is 25.2 Å². The molecule has 1 aromatic carbocycles. The Bertz CT molecular complexity index is 973. The molecule has 0 bridgehead atoms. The van der Waals surface area contributed by atoms with Crippen molar-refractivity contribution in [2.75, 3.05) is 19.6 Å². The van der Waals surface area contributed by atoms with Gasteiger partial charge in [0.05, 0.1) is 6.04 Å². The summed E-state index contributed by atoms with van der Waals surface area (Å²) < 4.78 is 48.1. The van der Waals surface area contributed by atoms with Crippen LogP contribution in [-0.4, -0.2) is 45.4 Å². The lowest BCUT2D eigenvalue weighted by Gasteiger charge is -2.32. The number of fused-ring (bicyclic) bond motifs is 1. The highest BCUT2D eigenvalue weighted by atomic mass is 35.5. The van der Waals surface area contributed by atoms with Crippen LogP contribution >= 0.6 is 24.0 Å². The lowest BCUT2D eigenvalue weighted by molar-refractivity contribution is -0.128. The minimum atomic E-state index is -2.79. The average molecular weight is 480 g/mol. The van der Waals surface area contributed by atoms with Crippen LogP contribution in [0.5, 0.6) is 5.75 Å². The molecule has 2 aliphatic rings. The Labute approximate surface area is 188 Å². The van der Waals surface area contributed by atoms with Gasteiger partial charge in [0, 0.05) is 37.1 Å². The Morgan fingerprint density at radius 3 is 2.84 bits per heavy atom. The number of amides is 1. The van der Waals surface area contributed by atoms with Crippen molar-refractivity contribution in [3.8, 4) is 5.75 Å². The molecule has 2 aliphatic heterocycles. The standard InChI is InChI=1S/C19H21ClF3N5O2.ClH/c1-27-17(19(22)23)14(25-26-27)9-30-18-12(21)7-11(20)10-4-5-24-13(16(10)18)8-28-6-2-3-15(28)29;/h7,13,19,24H,2-6,8-9H2,1H3;1H. The van der Waals surface area contributed by atoms with Gasteiger partial charge in [0.1, 0.15) is 18.0 Å². The topological polar surface area (TPSA) is 72.3 Å². The van der Waals surface area contributed by atoms with E-state index >= 15 is 0 Å². The lowest BCUT2D eigenvalue weighted by Crippen LogP contribution is -2.40. The fourth-order valence-corrected chi connectivity index (χ4v) is 4.38. The number of carbonyl (C=O) groups is 1. The zero-order valence-electron chi connectivity index (χ0n) is 16.7. The van der Waals surface area contributed by atoms with E-state index in [1.807, 2.05) is 0 Å². The third kappa shape index (κ3) is 4.61. The largest absolute Gasteiger partial charge is 0.484 e. The normalized spacial score (nSPS) is 18.3. The van der Waals surface area contributed by atoms with Crippen LogP contribution in [0, 0.1) is 5.82 Å². The number of hydrogen-bond donors (Lipinski definition) is 1. The summed E-state index contributed by atoms with van der Waals surface area (Å²) in [5.74, 6) is -0.707. The van der Waals surface area contributed by atoms with Crippen molar-refractivity contribution in [3.05, 3.63) is 39.4 Å². The molecule has 2 aromatic rings. The number of aryl methyl sites for hydroxylation is 1. The monoisotopic (exact) mass is 479 g/mol. The van der Waals surface area contributed by atoms with Gasteiger partial charge in [0.2, 0.25) is 5.91 Å². The molecule has 31 heavy (non-hydrogen) atoms. The molecule has 1 fully saturated rings. The Balaban J connectivity index is 0.00000272. The van der Waals surface area contributed by atoms with Crippen LogP contribution in [0.1, 0.15) is 47.8 Å². The van der Waals surface area contributed by atoms with Crippen LogP contribution in [0.15, 0.2) is 6.07 Å². The van der Waals surface area contributed by atoms with Crippen LogP contribution in [-0.2, 0) is 24.9 Å². The minimum Gasteiger partial charge on any atom is -0.484 e. The SMILES string of the molecule is Cl.Cn1nnc(COc2c(F)cc(Cl)c3c2C(CN2CCCC2=O)NCC3)c1C(F)F. The van der Waals surface area contributed by atoms with Gasteiger partial charge in [0.15, 0.2) is 11.6 Å². The van der Waals surface area contributed by atoms with Crippen molar-refractivity contribution in [3.63, 3.8) is 0 Å². The Morgan fingerprint density at radius 2 is 2.16 bits per heavy atom. The van der Waals surface area contributed by atoms with Crippen LogP contribution in [0.4, 0.5) is 13.2 Å². The summed E-state index contributed by atoms with van der Waals surface area (Å²) in [5, 5.41) is 10.9. The van der Waals surface area contributed by atoms with Crippen LogP contribution in [0.2, 0.25) is 5.02 Å². The van der Waals surface area contributed by atoms with Gasteiger partial charge in [0.25, 0.3) is 6.43 Å². The third-order valence-electron chi connectivity index (χ3n) is 5.52. The predicted molar refractivity (Wildman–Crippen MR) is 109 cm³/mol. The molecule has 0 aliphatic carbocycles. The van der Waals surface area contributed by atoms with Crippen LogP contribution in [0.3, 0.4) is 0 Å². The molecule has 0 radical (unpaired) electrons. The van der Waals surface area contributed by atoms with E-state index in [4.69, 9.17) is 16.3 Å². The number of hydrogen-bond acceptors (Lipinski definition) is 5. The van der Waals surface area contributed by atoms with Crippen LogP contribution < -0.4 is 10.1 Å². The first-order chi connectivity index (χ1) is 14.4. The highest BCUT2D eigenvalue weighted by Crippen LogP contribution is 2.39. The van der Waals surface area contributed by atoms with Gasteiger partial charge in [-0.15, -0.1) is 17.5 Å². The van der Waals surface area contributed by atoms with Crippen molar-refractivity contribution in [2.45, 2.75) is 38.3 Å². The summed E-state index contributed by atoms with van der Waals surface area (Å²) in [7, 11) is 1.36. The number of carbonyl (C=O) groups excluding carboxylic acids is 1. The van der Waals surface area contributed by atoms with Gasteiger partial charge in [-0.3, -0.25) is 4.79 Å². The minimum absolute atomic E-state index is 0. The number of nitrogens with zero attached hydrogens (tertiary/aromatic N) is 4. The maximum atomic E-state index is 14.9. The molecule has 4 rings (SSSR count). The molecule has 12 heteroatoms. The molecule has 1 amide bonds. The van der Waals surface area contributed by atoms with Crippen molar-refractivity contribution < 1.29 is 22.7 Å². The molecule has 7 nitrogen and oxygen atoms in total. The molecule has 170 valence electrons. The van der Waals surface area contributed by atoms with Crippen molar-refractivity contribution >= 4 is 29.9 Å². The summed E-state index contributed by atoms with van der Waals surface area (Å²) in [5.41, 5.74) is 0.811. The average Bonchev–Trinajstić information content (AvgIpc) is 3.27. The Morgan fingerprint density at radius 1 is 1.39 bits per heavy atom. The zero-order valence-corrected chi connectivity index (χ0v) is 18.3. The number of aromatic nitrogens is 3. The maximum absolute atomic E-state index is 14.9. The second kappa shape index (κ2) is 9.62. The fourth-order valence-electron chi connectivity index (χ4n) is 4.09. The number of benzene rings is 1. The number of likely N-dealkylation sites (tertiary alicyclic amines) is 1. The molecular weight excluding hydrogens is 458 g/mol. The first-order valence-electron chi connectivity index (χ1n) is 9.68. The van der Waals surface area contributed by atoms with E-state index in [0.717, 1.165) is 16.7 Å². The first kappa shape index (κ1) is 23.6. The first-order valence-corrected chi connectivity index (χ1v) is 10.1. The molecule has 1 aromatic heterocycles. The fraction of sp³-hybridized carbons (Fsp3) is 0.526. The molecule has 0 spiro atoms. The van der Waals surface area contributed by atoms with E-state index in [-0.39, 0.29) is 53.1 Å². The molecule has 0 saturated carbocycles. The third-order valence-corrected chi connectivity index (χ3v) is 5.86. The molecule has 1 N–H and O–H groups in total. The molecular formula is C19H22Cl2F3N5O2. The molecule has 1 atom stereocenters. The van der Waals surface area contributed by atoms with E-state index in [2.05, 4.69) is 15.6 Å². The van der Waals surface area contributed by atoms with Crippen LogP contribution in [0.25, 0.3) is 0 Å². The van der Waals surface area contributed by atoms with Gasteiger partial charge >= 0.3 is 0 Å². The number of alkyl halides is 2. The van der Waals surface area contributed by atoms with Crippen molar-refractivity contribution in [2.24, 2.45) is 7.05 Å².